The Morgan fingerprint density at radius 1 is 1.11 bits per heavy atom. The maximum Gasteiger partial charge on any atom is 0.410 e. The normalized spacial score (nSPS) is 14.4. The number of aryl methyl sites for hydroxylation is 2. The molecule has 1 amide bonds. The van der Waals surface area contributed by atoms with E-state index in [2.05, 4.69) is 12.1 Å². The van der Waals surface area contributed by atoms with E-state index in [0.717, 1.165) is 29.5 Å². The Bertz CT molecular complexity index is 893. The molecule has 1 aliphatic rings. The minimum Gasteiger partial charge on any atom is -0.444 e. The van der Waals surface area contributed by atoms with Crippen molar-refractivity contribution in [3.05, 3.63) is 58.0 Å². The van der Waals surface area contributed by atoms with Gasteiger partial charge in [0.1, 0.15) is 5.60 Å². The molecule has 1 aromatic heterocycles. The Morgan fingerprint density at radius 3 is 2.52 bits per heavy atom. The first kappa shape index (κ1) is 19.2. The molecular weight excluding hydrogens is 340 g/mol. The Labute approximate surface area is 160 Å². The number of ether oxygens (including phenoxy) is 1. The standard InChI is InChI=1S/C22H28N2O3/c1-5-23-12-10-18(14-20(23)25)17-8-9-19-15-24(11-6-7-16(19)13-17)21(26)27-22(2,3)4/h8-10,12-14H,5-7,11,15H2,1-4H3. The molecular formula is C22H28N2O3. The van der Waals surface area contributed by atoms with Crippen LogP contribution in [0.1, 0.15) is 45.2 Å². The van der Waals surface area contributed by atoms with Crippen molar-refractivity contribution >= 4 is 6.09 Å². The number of fused-ring (bicyclic) bond motifs is 1. The molecule has 5 nitrogen and oxygen atoms in total. The van der Waals surface area contributed by atoms with Crippen LogP contribution in [0, 0.1) is 0 Å². The second-order valence-electron chi connectivity index (χ2n) is 8.03. The Hall–Kier alpha value is -2.56. The summed E-state index contributed by atoms with van der Waals surface area (Å²) in [6.45, 7) is 9.52. The molecule has 0 spiro atoms. The summed E-state index contributed by atoms with van der Waals surface area (Å²) in [6.07, 6.45) is 3.39. The molecule has 0 bridgehead atoms. The number of nitrogens with zero attached hydrogens (tertiary/aromatic N) is 2. The van der Waals surface area contributed by atoms with E-state index in [1.807, 2.05) is 46.0 Å². The smallest absolute Gasteiger partial charge is 0.410 e. The average molecular weight is 368 g/mol. The number of pyridine rings is 1. The maximum atomic E-state index is 12.4. The number of hydrogen-bond donors (Lipinski definition) is 0. The third-order valence-corrected chi connectivity index (χ3v) is 4.76. The highest BCUT2D eigenvalue weighted by atomic mass is 16.6. The molecule has 2 heterocycles. The molecule has 0 aliphatic carbocycles. The minimum absolute atomic E-state index is 0.0149. The van der Waals surface area contributed by atoms with Crippen molar-refractivity contribution in [3.8, 4) is 11.1 Å². The summed E-state index contributed by atoms with van der Waals surface area (Å²) in [5.74, 6) is 0. The molecule has 3 rings (SSSR count). The van der Waals surface area contributed by atoms with E-state index in [4.69, 9.17) is 4.74 Å². The van der Waals surface area contributed by atoms with E-state index in [1.165, 1.54) is 5.56 Å². The summed E-state index contributed by atoms with van der Waals surface area (Å²) in [6, 6.07) is 9.92. The maximum absolute atomic E-state index is 12.4. The molecule has 2 aromatic rings. The molecule has 0 saturated carbocycles. The van der Waals surface area contributed by atoms with Gasteiger partial charge in [-0.15, -0.1) is 0 Å². The lowest BCUT2D eigenvalue weighted by molar-refractivity contribution is 0.0237. The van der Waals surface area contributed by atoms with E-state index in [-0.39, 0.29) is 11.7 Å². The fourth-order valence-electron chi connectivity index (χ4n) is 3.37. The van der Waals surface area contributed by atoms with Gasteiger partial charge >= 0.3 is 6.09 Å². The van der Waals surface area contributed by atoms with Gasteiger partial charge < -0.3 is 14.2 Å². The first-order valence-corrected chi connectivity index (χ1v) is 9.57. The number of carbonyl (C=O) groups is 1. The van der Waals surface area contributed by atoms with Gasteiger partial charge in [-0.25, -0.2) is 4.79 Å². The Kier molecular flexibility index (Phi) is 5.40. The minimum atomic E-state index is -0.491. The number of hydrogen-bond acceptors (Lipinski definition) is 3. The van der Waals surface area contributed by atoms with Crippen molar-refractivity contribution in [3.63, 3.8) is 0 Å². The van der Waals surface area contributed by atoms with Gasteiger partial charge in [0.15, 0.2) is 0 Å². The fourth-order valence-corrected chi connectivity index (χ4v) is 3.37. The number of aromatic nitrogens is 1. The molecule has 0 atom stereocenters. The predicted molar refractivity (Wildman–Crippen MR) is 107 cm³/mol. The topological polar surface area (TPSA) is 51.5 Å². The lowest BCUT2D eigenvalue weighted by atomic mass is 9.97. The van der Waals surface area contributed by atoms with Crippen LogP contribution >= 0.6 is 0 Å². The molecule has 0 radical (unpaired) electrons. The summed E-state index contributed by atoms with van der Waals surface area (Å²) < 4.78 is 7.21. The average Bonchev–Trinajstić information content (AvgIpc) is 2.82. The molecule has 1 aliphatic heterocycles. The first-order valence-electron chi connectivity index (χ1n) is 9.57. The highest BCUT2D eigenvalue weighted by Crippen LogP contribution is 2.26. The number of carbonyl (C=O) groups excluding carboxylic acids is 1. The van der Waals surface area contributed by atoms with Gasteiger partial charge in [0.05, 0.1) is 0 Å². The third kappa shape index (κ3) is 4.59. The Morgan fingerprint density at radius 2 is 1.85 bits per heavy atom. The number of benzene rings is 1. The van der Waals surface area contributed by atoms with Crippen LogP contribution < -0.4 is 5.56 Å². The first-order chi connectivity index (χ1) is 12.8. The fraction of sp³-hybridized carbons (Fsp3) is 0.455. The molecule has 0 N–H and O–H groups in total. The molecule has 144 valence electrons. The zero-order chi connectivity index (χ0) is 19.6. The van der Waals surface area contributed by atoms with Gasteiger partial charge in [-0.1, -0.05) is 18.2 Å². The lowest BCUT2D eigenvalue weighted by Crippen LogP contribution is -2.36. The van der Waals surface area contributed by atoms with Crippen LogP contribution in [0.5, 0.6) is 0 Å². The quantitative estimate of drug-likeness (QED) is 0.797. The highest BCUT2D eigenvalue weighted by molar-refractivity contribution is 5.69. The molecule has 1 aromatic carbocycles. The second kappa shape index (κ2) is 7.59. The van der Waals surface area contributed by atoms with Crippen LogP contribution in [0.3, 0.4) is 0 Å². The molecule has 0 unspecified atom stereocenters. The van der Waals surface area contributed by atoms with Crippen molar-refractivity contribution in [1.29, 1.82) is 0 Å². The van der Waals surface area contributed by atoms with E-state index >= 15 is 0 Å². The Balaban J connectivity index is 1.84. The molecule has 27 heavy (non-hydrogen) atoms. The summed E-state index contributed by atoms with van der Waals surface area (Å²) >= 11 is 0. The van der Waals surface area contributed by atoms with Gasteiger partial charge in [0.25, 0.3) is 5.56 Å². The van der Waals surface area contributed by atoms with Crippen molar-refractivity contribution < 1.29 is 9.53 Å². The largest absolute Gasteiger partial charge is 0.444 e. The van der Waals surface area contributed by atoms with Gasteiger partial charge in [-0.3, -0.25) is 4.79 Å². The molecule has 0 fully saturated rings. The van der Waals surface area contributed by atoms with Gasteiger partial charge in [0, 0.05) is 31.9 Å². The summed E-state index contributed by atoms with van der Waals surface area (Å²) in [5, 5.41) is 0. The zero-order valence-corrected chi connectivity index (χ0v) is 16.6. The summed E-state index contributed by atoms with van der Waals surface area (Å²) in [4.78, 5) is 26.3. The van der Waals surface area contributed by atoms with E-state index < -0.39 is 5.60 Å². The van der Waals surface area contributed by atoms with E-state index in [9.17, 15) is 9.59 Å². The lowest BCUT2D eigenvalue weighted by Gasteiger charge is -2.26. The third-order valence-electron chi connectivity index (χ3n) is 4.76. The van der Waals surface area contributed by atoms with Gasteiger partial charge in [-0.2, -0.15) is 0 Å². The van der Waals surface area contributed by atoms with E-state index in [0.29, 0.717) is 19.6 Å². The van der Waals surface area contributed by atoms with Crippen LogP contribution in [-0.2, 0) is 24.2 Å². The van der Waals surface area contributed by atoms with Crippen molar-refractivity contribution in [1.82, 2.24) is 9.47 Å². The van der Waals surface area contributed by atoms with Crippen LogP contribution in [0.25, 0.3) is 11.1 Å². The van der Waals surface area contributed by atoms with Gasteiger partial charge in [0.2, 0.25) is 0 Å². The van der Waals surface area contributed by atoms with Crippen molar-refractivity contribution in [2.75, 3.05) is 6.54 Å². The summed E-state index contributed by atoms with van der Waals surface area (Å²) in [5.41, 5.74) is 3.87. The monoisotopic (exact) mass is 368 g/mol. The van der Waals surface area contributed by atoms with E-state index in [1.54, 1.807) is 15.5 Å². The number of rotatable bonds is 2. The second-order valence-corrected chi connectivity index (χ2v) is 8.03. The van der Waals surface area contributed by atoms with Crippen LogP contribution in [0.15, 0.2) is 41.3 Å². The highest BCUT2D eigenvalue weighted by Gasteiger charge is 2.24. The SMILES string of the molecule is CCn1ccc(-c2ccc3c(c2)CCCN(C(=O)OC(C)(C)C)C3)cc1=O. The van der Waals surface area contributed by atoms with Crippen LogP contribution in [-0.4, -0.2) is 27.7 Å². The van der Waals surface area contributed by atoms with Gasteiger partial charge in [-0.05, 0) is 68.9 Å². The van der Waals surface area contributed by atoms with Crippen molar-refractivity contribution in [2.24, 2.45) is 0 Å². The number of amides is 1. The van der Waals surface area contributed by atoms with Crippen molar-refractivity contribution in [2.45, 2.75) is 59.2 Å². The molecule has 0 saturated heterocycles. The predicted octanol–water partition coefficient (Wildman–Crippen LogP) is 4.22. The summed E-state index contributed by atoms with van der Waals surface area (Å²) in [7, 11) is 0. The zero-order valence-electron chi connectivity index (χ0n) is 16.6. The van der Waals surface area contributed by atoms with Crippen LogP contribution in [0.2, 0.25) is 0 Å². The van der Waals surface area contributed by atoms with Crippen LogP contribution in [0.4, 0.5) is 4.79 Å². The molecule has 5 heteroatoms.